The van der Waals surface area contributed by atoms with E-state index in [2.05, 4.69) is 10.4 Å². The van der Waals surface area contributed by atoms with Crippen molar-refractivity contribution in [3.63, 3.8) is 0 Å². The number of hydrogen-bond donors (Lipinski definition) is 1. The van der Waals surface area contributed by atoms with Gasteiger partial charge >= 0.3 is 6.18 Å². The molecule has 2 amide bonds. The van der Waals surface area contributed by atoms with Crippen molar-refractivity contribution in [2.75, 3.05) is 13.1 Å². The first-order valence-electron chi connectivity index (χ1n) is 11.4. The van der Waals surface area contributed by atoms with E-state index in [1.165, 1.54) is 30.0 Å². The number of likely N-dealkylation sites (tertiary alicyclic amines) is 1. The lowest BCUT2D eigenvalue weighted by molar-refractivity contribution is -0.137. The van der Waals surface area contributed by atoms with Gasteiger partial charge in [0.25, 0.3) is 5.91 Å². The molecule has 0 unspecified atom stereocenters. The van der Waals surface area contributed by atoms with Crippen molar-refractivity contribution in [2.45, 2.75) is 58.7 Å². The number of para-hydroxylation sites is 1. The van der Waals surface area contributed by atoms with E-state index in [0.717, 1.165) is 29.7 Å². The molecule has 2 heterocycles. The van der Waals surface area contributed by atoms with Crippen LogP contribution in [-0.4, -0.2) is 45.6 Å². The fourth-order valence-electron chi connectivity index (χ4n) is 4.11. The first kappa shape index (κ1) is 25.5. The number of aromatic nitrogens is 2. The summed E-state index contributed by atoms with van der Waals surface area (Å²) in [4.78, 5) is 39.9. The minimum Gasteiger partial charge on any atom is -0.356 e. The van der Waals surface area contributed by atoms with Crippen LogP contribution in [0.2, 0.25) is 0 Å². The normalized spacial score (nSPS) is 18.6. The number of carbonyl (C=O) groups excluding carboxylic acids is 2. The Morgan fingerprint density at radius 1 is 1.21 bits per heavy atom. The first-order valence-corrected chi connectivity index (χ1v) is 11.4. The van der Waals surface area contributed by atoms with E-state index in [4.69, 9.17) is 0 Å². The molecular weight excluding hydrogens is 449 g/mol. The highest BCUT2D eigenvalue weighted by Gasteiger charge is 2.36. The van der Waals surface area contributed by atoms with Crippen LogP contribution in [0.4, 0.5) is 13.2 Å². The van der Waals surface area contributed by atoms with Crippen molar-refractivity contribution < 1.29 is 22.8 Å². The maximum atomic E-state index is 13.6. The van der Waals surface area contributed by atoms with Crippen molar-refractivity contribution in [1.29, 1.82) is 0 Å². The zero-order valence-electron chi connectivity index (χ0n) is 19.5. The smallest absolute Gasteiger partial charge is 0.356 e. The lowest BCUT2D eigenvalue weighted by Gasteiger charge is -2.37. The second-order valence-electron chi connectivity index (χ2n) is 8.65. The summed E-state index contributed by atoms with van der Waals surface area (Å²) in [5.74, 6) is -1.26. The number of hydrogen-bond acceptors (Lipinski definition) is 4. The number of carbonyl (C=O) groups is 2. The van der Waals surface area contributed by atoms with E-state index in [9.17, 15) is 27.6 Å². The molecule has 1 saturated heterocycles. The SMILES string of the molecule is CCCCNC(=O)[C@@H]1CC[C@H](C)N(C(=O)c2nn(-c3ccccc3C(F)(F)F)c(C)cc2=O)C1. The van der Waals surface area contributed by atoms with Crippen LogP contribution in [0.3, 0.4) is 0 Å². The molecule has 1 aromatic heterocycles. The fraction of sp³-hybridized carbons (Fsp3) is 0.500. The summed E-state index contributed by atoms with van der Waals surface area (Å²) >= 11 is 0. The average molecular weight is 479 g/mol. The Morgan fingerprint density at radius 2 is 1.91 bits per heavy atom. The third kappa shape index (κ3) is 5.48. The van der Waals surface area contributed by atoms with Gasteiger partial charge in [-0.3, -0.25) is 14.4 Å². The van der Waals surface area contributed by atoms with E-state index in [1.807, 2.05) is 13.8 Å². The Morgan fingerprint density at radius 3 is 2.59 bits per heavy atom. The number of halogens is 3. The van der Waals surface area contributed by atoms with E-state index in [0.29, 0.717) is 19.4 Å². The molecule has 3 rings (SSSR count). The number of benzene rings is 1. The first-order chi connectivity index (χ1) is 16.0. The third-order valence-electron chi connectivity index (χ3n) is 6.09. The van der Waals surface area contributed by atoms with E-state index >= 15 is 0 Å². The molecule has 1 N–H and O–H groups in total. The molecule has 1 aromatic carbocycles. The molecule has 0 radical (unpaired) electrons. The molecule has 0 bridgehead atoms. The highest BCUT2D eigenvalue weighted by molar-refractivity contribution is 5.93. The molecule has 7 nitrogen and oxygen atoms in total. The summed E-state index contributed by atoms with van der Waals surface area (Å²) in [5.41, 5.74) is -2.19. The van der Waals surface area contributed by atoms with Gasteiger partial charge in [0.2, 0.25) is 11.3 Å². The van der Waals surface area contributed by atoms with Crippen LogP contribution in [0, 0.1) is 12.8 Å². The van der Waals surface area contributed by atoms with Crippen LogP contribution in [0.15, 0.2) is 35.1 Å². The fourth-order valence-corrected chi connectivity index (χ4v) is 4.11. The minimum absolute atomic E-state index is 0.117. The lowest BCUT2D eigenvalue weighted by atomic mass is 9.92. The van der Waals surface area contributed by atoms with Gasteiger partial charge in [-0.2, -0.15) is 18.3 Å². The van der Waals surface area contributed by atoms with Crippen molar-refractivity contribution >= 4 is 11.8 Å². The topological polar surface area (TPSA) is 84.3 Å². The van der Waals surface area contributed by atoms with E-state index < -0.39 is 34.7 Å². The highest BCUT2D eigenvalue weighted by atomic mass is 19.4. The lowest BCUT2D eigenvalue weighted by Crippen LogP contribution is -2.50. The van der Waals surface area contributed by atoms with Gasteiger partial charge < -0.3 is 10.2 Å². The second-order valence-corrected chi connectivity index (χ2v) is 8.65. The molecule has 2 atom stereocenters. The van der Waals surface area contributed by atoms with Crippen LogP contribution in [0.25, 0.3) is 5.69 Å². The van der Waals surface area contributed by atoms with Crippen molar-refractivity contribution in [2.24, 2.45) is 5.92 Å². The van der Waals surface area contributed by atoms with Crippen LogP contribution in [0.5, 0.6) is 0 Å². The molecule has 34 heavy (non-hydrogen) atoms. The summed E-state index contributed by atoms with van der Waals surface area (Å²) in [6.45, 7) is 5.96. The predicted molar refractivity (Wildman–Crippen MR) is 121 cm³/mol. The number of rotatable bonds is 6. The molecule has 2 aromatic rings. The largest absolute Gasteiger partial charge is 0.418 e. The van der Waals surface area contributed by atoms with Crippen molar-refractivity contribution in [3.8, 4) is 5.69 Å². The van der Waals surface area contributed by atoms with Crippen molar-refractivity contribution in [1.82, 2.24) is 20.0 Å². The van der Waals surface area contributed by atoms with E-state index in [-0.39, 0.29) is 29.9 Å². The average Bonchev–Trinajstić information content (AvgIpc) is 2.78. The molecular formula is C24H29F3N4O3. The maximum Gasteiger partial charge on any atom is 0.418 e. The number of nitrogens with zero attached hydrogens (tertiary/aromatic N) is 3. The number of piperidine rings is 1. The van der Waals surface area contributed by atoms with E-state index in [1.54, 1.807) is 0 Å². The number of unbranched alkanes of at least 4 members (excludes halogenated alkanes) is 1. The van der Waals surface area contributed by atoms with Gasteiger partial charge in [-0.25, -0.2) is 4.68 Å². The number of aryl methyl sites for hydroxylation is 1. The van der Waals surface area contributed by atoms with Crippen molar-refractivity contribution in [3.05, 3.63) is 57.5 Å². The van der Waals surface area contributed by atoms with Gasteiger partial charge in [0.15, 0.2) is 5.69 Å². The monoisotopic (exact) mass is 478 g/mol. The maximum absolute atomic E-state index is 13.6. The second kappa shape index (κ2) is 10.4. The minimum atomic E-state index is -4.64. The molecule has 1 fully saturated rings. The molecule has 1 aliphatic rings. The van der Waals surface area contributed by atoms with Gasteiger partial charge in [-0.15, -0.1) is 0 Å². The third-order valence-corrected chi connectivity index (χ3v) is 6.09. The van der Waals surface area contributed by atoms with Gasteiger partial charge in [-0.1, -0.05) is 25.5 Å². The summed E-state index contributed by atoms with van der Waals surface area (Å²) in [5, 5.41) is 6.94. The quantitative estimate of drug-likeness (QED) is 0.642. The van der Waals surface area contributed by atoms with Gasteiger partial charge in [0, 0.05) is 30.9 Å². The van der Waals surface area contributed by atoms with Crippen LogP contribution >= 0.6 is 0 Å². The Hall–Kier alpha value is -3.17. The molecule has 0 spiro atoms. The molecule has 1 aliphatic heterocycles. The summed E-state index contributed by atoms with van der Waals surface area (Å²) in [6, 6.07) is 5.71. The van der Waals surface area contributed by atoms with Gasteiger partial charge in [0.1, 0.15) is 0 Å². The standard InChI is InChI=1S/C24H29F3N4O3/c1-4-5-12-28-22(33)17-11-10-15(2)30(14-17)23(34)21-20(32)13-16(3)31(29-21)19-9-7-6-8-18(19)24(25,26)27/h6-9,13,15,17H,4-5,10-12,14H2,1-3H3,(H,28,33)/t15-,17+/m0/s1. The molecule has 184 valence electrons. The summed E-state index contributed by atoms with van der Waals surface area (Å²) in [6.07, 6.45) is -1.68. The predicted octanol–water partition coefficient (Wildman–Crippen LogP) is 3.72. The Balaban J connectivity index is 1.94. The Kier molecular flexibility index (Phi) is 7.78. The van der Waals surface area contributed by atoms with Crippen LogP contribution in [0.1, 0.15) is 61.3 Å². The molecule has 10 heteroatoms. The van der Waals surface area contributed by atoms with Crippen LogP contribution < -0.4 is 10.7 Å². The number of nitrogens with one attached hydrogen (secondary N) is 1. The number of amides is 2. The number of alkyl halides is 3. The zero-order valence-corrected chi connectivity index (χ0v) is 19.5. The molecule has 0 aliphatic carbocycles. The molecule has 0 saturated carbocycles. The van der Waals surface area contributed by atoms with Crippen LogP contribution in [-0.2, 0) is 11.0 Å². The van der Waals surface area contributed by atoms with Gasteiger partial charge in [-0.05, 0) is 45.2 Å². The summed E-state index contributed by atoms with van der Waals surface area (Å²) in [7, 11) is 0. The van der Waals surface area contributed by atoms with Gasteiger partial charge in [0.05, 0.1) is 17.2 Å². The highest BCUT2D eigenvalue weighted by Crippen LogP contribution is 2.33. The zero-order chi connectivity index (χ0) is 25.0. The summed E-state index contributed by atoms with van der Waals surface area (Å²) < 4.78 is 41.7. The Labute approximate surface area is 196 Å². The Bertz CT molecular complexity index is 1110.